The van der Waals surface area contributed by atoms with Crippen molar-refractivity contribution in [3.8, 4) is 11.1 Å². The third kappa shape index (κ3) is 2.12. The molecule has 0 N–H and O–H groups in total. The van der Waals surface area contributed by atoms with Crippen LogP contribution in [0.25, 0.3) is 32.8 Å². The smallest absolute Gasteiger partial charge is 0.218 e. The summed E-state index contributed by atoms with van der Waals surface area (Å²) in [5, 5.41) is 3.52. The van der Waals surface area contributed by atoms with Gasteiger partial charge in [-0.25, -0.2) is 9.97 Å². The quantitative estimate of drug-likeness (QED) is 0.253. The van der Waals surface area contributed by atoms with Gasteiger partial charge in [-0.3, -0.25) is 0 Å². The Labute approximate surface area is 137 Å². The summed E-state index contributed by atoms with van der Waals surface area (Å²) in [4.78, 5) is 8.42. The molecule has 2 nitrogen and oxygen atoms in total. The number of hydrogen-bond acceptors (Lipinski definition) is 2. The summed E-state index contributed by atoms with van der Waals surface area (Å²) >= 11 is 12.3. The molecule has 4 aromatic rings. The largest absolute Gasteiger partial charge is 0.224 e. The SMILES string of the molecule is Clc1nc(Cl)c2c(cc(-c3ccccc3)c3ccccc32)n1. The fourth-order valence-electron chi connectivity index (χ4n) is 2.78. The summed E-state index contributed by atoms with van der Waals surface area (Å²) < 4.78 is 0. The molecule has 0 saturated carbocycles. The number of rotatable bonds is 1. The van der Waals surface area contributed by atoms with E-state index in [2.05, 4.69) is 28.2 Å². The van der Waals surface area contributed by atoms with Crippen molar-refractivity contribution in [2.45, 2.75) is 0 Å². The molecule has 4 rings (SSSR count). The Morgan fingerprint density at radius 2 is 1.41 bits per heavy atom. The highest BCUT2D eigenvalue weighted by Gasteiger charge is 2.13. The predicted molar refractivity (Wildman–Crippen MR) is 92.5 cm³/mol. The van der Waals surface area contributed by atoms with Crippen LogP contribution in [-0.2, 0) is 0 Å². The van der Waals surface area contributed by atoms with Crippen LogP contribution in [0.5, 0.6) is 0 Å². The highest BCUT2D eigenvalue weighted by Crippen LogP contribution is 2.36. The summed E-state index contributed by atoms with van der Waals surface area (Å²) in [6, 6.07) is 20.4. The minimum absolute atomic E-state index is 0.159. The number of halogens is 2. The second kappa shape index (κ2) is 5.24. The fraction of sp³-hybridized carbons (Fsp3) is 0. The van der Waals surface area contributed by atoms with E-state index in [0.717, 1.165) is 32.8 Å². The Morgan fingerprint density at radius 3 is 2.18 bits per heavy atom. The topological polar surface area (TPSA) is 25.8 Å². The molecule has 0 radical (unpaired) electrons. The minimum atomic E-state index is 0.159. The number of benzene rings is 3. The third-order valence-electron chi connectivity index (χ3n) is 3.72. The average molecular weight is 325 g/mol. The zero-order valence-corrected chi connectivity index (χ0v) is 12.9. The first-order chi connectivity index (χ1) is 10.7. The predicted octanol–water partition coefficient (Wildman–Crippen LogP) is 5.76. The van der Waals surface area contributed by atoms with E-state index in [1.165, 1.54) is 0 Å². The van der Waals surface area contributed by atoms with Gasteiger partial charge in [0, 0.05) is 5.39 Å². The molecule has 0 fully saturated rings. The molecule has 4 heteroatoms. The van der Waals surface area contributed by atoms with E-state index < -0.39 is 0 Å². The van der Waals surface area contributed by atoms with Crippen LogP contribution in [-0.4, -0.2) is 9.97 Å². The normalized spacial score (nSPS) is 11.2. The van der Waals surface area contributed by atoms with Gasteiger partial charge in [0.25, 0.3) is 0 Å². The van der Waals surface area contributed by atoms with Gasteiger partial charge in [0.1, 0.15) is 5.15 Å². The van der Waals surface area contributed by atoms with Gasteiger partial charge < -0.3 is 0 Å². The number of hydrogen-bond donors (Lipinski definition) is 0. The lowest BCUT2D eigenvalue weighted by Gasteiger charge is -2.11. The van der Waals surface area contributed by atoms with Gasteiger partial charge in [0.2, 0.25) is 5.28 Å². The molecule has 0 spiro atoms. The molecule has 0 aliphatic carbocycles. The van der Waals surface area contributed by atoms with Crippen LogP contribution in [0.4, 0.5) is 0 Å². The van der Waals surface area contributed by atoms with Crippen molar-refractivity contribution in [1.82, 2.24) is 9.97 Å². The van der Waals surface area contributed by atoms with Gasteiger partial charge >= 0.3 is 0 Å². The molecule has 1 heterocycles. The highest BCUT2D eigenvalue weighted by molar-refractivity contribution is 6.38. The number of aromatic nitrogens is 2. The summed E-state index contributed by atoms with van der Waals surface area (Å²) in [6.07, 6.45) is 0. The van der Waals surface area contributed by atoms with Crippen LogP contribution in [0.3, 0.4) is 0 Å². The van der Waals surface area contributed by atoms with Crippen molar-refractivity contribution in [1.29, 1.82) is 0 Å². The Morgan fingerprint density at radius 1 is 0.727 bits per heavy atom. The lowest BCUT2D eigenvalue weighted by molar-refractivity contribution is 1.23. The standard InChI is InChI=1S/C18H10Cl2N2/c19-17-16-13-9-5-4-8-12(13)14(11-6-2-1-3-7-11)10-15(16)21-18(20)22-17/h1-10H. The second-order valence-electron chi connectivity index (χ2n) is 5.01. The van der Waals surface area contributed by atoms with Crippen LogP contribution in [0.1, 0.15) is 0 Å². The van der Waals surface area contributed by atoms with Gasteiger partial charge in [-0.1, -0.05) is 66.2 Å². The number of fused-ring (bicyclic) bond motifs is 3. The molecule has 0 aliphatic rings. The molecule has 22 heavy (non-hydrogen) atoms. The van der Waals surface area contributed by atoms with E-state index in [1.807, 2.05) is 42.5 Å². The van der Waals surface area contributed by atoms with E-state index in [0.29, 0.717) is 5.15 Å². The lowest BCUT2D eigenvalue weighted by atomic mass is 9.96. The van der Waals surface area contributed by atoms with Crippen molar-refractivity contribution in [3.05, 3.63) is 71.1 Å². The molecule has 0 aliphatic heterocycles. The summed E-state index contributed by atoms with van der Waals surface area (Å²) in [7, 11) is 0. The van der Waals surface area contributed by atoms with Gasteiger partial charge in [-0.2, -0.15) is 0 Å². The third-order valence-corrected chi connectivity index (χ3v) is 4.16. The van der Waals surface area contributed by atoms with Crippen LogP contribution in [0.2, 0.25) is 10.4 Å². The zero-order chi connectivity index (χ0) is 15.1. The maximum absolute atomic E-state index is 6.30. The molecule has 0 atom stereocenters. The molecule has 1 aromatic heterocycles. The van der Waals surface area contributed by atoms with Gasteiger partial charge in [0.15, 0.2) is 0 Å². The summed E-state index contributed by atoms with van der Waals surface area (Å²) in [5.41, 5.74) is 2.99. The summed E-state index contributed by atoms with van der Waals surface area (Å²) in [5.74, 6) is 0. The van der Waals surface area contributed by atoms with Crippen molar-refractivity contribution in [3.63, 3.8) is 0 Å². The number of nitrogens with zero attached hydrogens (tertiary/aromatic N) is 2. The maximum atomic E-state index is 6.30. The minimum Gasteiger partial charge on any atom is -0.218 e. The van der Waals surface area contributed by atoms with Gasteiger partial charge in [-0.15, -0.1) is 0 Å². The van der Waals surface area contributed by atoms with Crippen LogP contribution < -0.4 is 0 Å². The van der Waals surface area contributed by atoms with Crippen molar-refractivity contribution in [2.75, 3.05) is 0 Å². The van der Waals surface area contributed by atoms with E-state index in [4.69, 9.17) is 23.2 Å². The van der Waals surface area contributed by atoms with Crippen LogP contribution in [0.15, 0.2) is 60.7 Å². The van der Waals surface area contributed by atoms with E-state index in [9.17, 15) is 0 Å². The summed E-state index contributed by atoms with van der Waals surface area (Å²) in [6.45, 7) is 0. The Hall–Kier alpha value is -2.16. The molecule has 0 bridgehead atoms. The molecule has 0 unspecified atom stereocenters. The Kier molecular flexibility index (Phi) is 3.21. The van der Waals surface area contributed by atoms with Gasteiger partial charge in [-0.05, 0) is 39.6 Å². The molecular weight excluding hydrogens is 315 g/mol. The van der Waals surface area contributed by atoms with Crippen molar-refractivity contribution < 1.29 is 0 Å². The molecule has 0 saturated heterocycles. The van der Waals surface area contributed by atoms with E-state index >= 15 is 0 Å². The van der Waals surface area contributed by atoms with Crippen LogP contribution in [0, 0.1) is 0 Å². The van der Waals surface area contributed by atoms with Crippen LogP contribution >= 0.6 is 23.2 Å². The molecule has 106 valence electrons. The first kappa shape index (κ1) is 13.5. The molecule has 0 amide bonds. The second-order valence-corrected chi connectivity index (χ2v) is 5.71. The highest BCUT2D eigenvalue weighted by atomic mass is 35.5. The zero-order valence-electron chi connectivity index (χ0n) is 11.4. The van der Waals surface area contributed by atoms with Crippen molar-refractivity contribution in [2.24, 2.45) is 0 Å². The Bertz CT molecular complexity index is 998. The van der Waals surface area contributed by atoms with Crippen molar-refractivity contribution >= 4 is 44.9 Å². The Balaban J connectivity index is 2.21. The van der Waals surface area contributed by atoms with E-state index in [-0.39, 0.29) is 5.28 Å². The average Bonchev–Trinajstić information content (AvgIpc) is 2.54. The lowest BCUT2D eigenvalue weighted by Crippen LogP contribution is -1.90. The van der Waals surface area contributed by atoms with E-state index in [1.54, 1.807) is 0 Å². The maximum Gasteiger partial charge on any atom is 0.224 e. The first-order valence-electron chi connectivity index (χ1n) is 6.84. The first-order valence-corrected chi connectivity index (χ1v) is 7.59. The molecular formula is C18H10Cl2N2. The molecule has 3 aromatic carbocycles. The fourth-order valence-corrected chi connectivity index (χ4v) is 3.28. The van der Waals surface area contributed by atoms with Gasteiger partial charge in [0.05, 0.1) is 5.52 Å². The monoisotopic (exact) mass is 324 g/mol.